The molecule has 0 amide bonds. The normalized spacial score (nSPS) is 44.3. The predicted molar refractivity (Wildman–Crippen MR) is 119 cm³/mol. The van der Waals surface area contributed by atoms with Gasteiger partial charge in [0.1, 0.15) is 5.83 Å². The van der Waals surface area contributed by atoms with Crippen molar-refractivity contribution in [1.29, 1.82) is 0 Å². The van der Waals surface area contributed by atoms with Crippen molar-refractivity contribution in [2.24, 2.45) is 34.5 Å². The molecule has 1 N–H and O–H groups in total. The third-order valence-corrected chi connectivity index (χ3v) is 9.20. The van der Waals surface area contributed by atoms with Crippen molar-refractivity contribution in [1.82, 2.24) is 0 Å². The van der Waals surface area contributed by atoms with Gasteiger partial charge in [0.15, 0.2) is 24.2 Å². The van der Waals surface area contributed by atoms with Crippen molar-refractivity contribution in [3.8, 4) is 0 Å². The number of aliphatic hydroxyl groups excluding tert-OH is 1. The number of ether oxygens (including phenoxy) is 2. The zero-order valence-corrected chi connectivity index (χ0v) is 20.6. The predicted octanol–water partition coefficient (Wildman–Crippen LogP) is 3.19. The molecule has 192 valence electrons. The molecule has 9 heteroatoms. The maximum Gasteiger partial charge on any atom is 0.303 e. The third-order valence-electron chi connectivity index (χ3n) is 9.20. The Hall–Kier alpha value is -2.42. The van der Waals surface area contributed by atoms with Crippen LogP contribution in [0.3, 0.4) is 0 Å². The third kappa shape index (κ3) is 3.44. The van der Waals surface area contributed by atoms with E-state index in [1.54, 1.807) is 20.8 Å². The lowest BCUT2D eigenvalue weighted by Gasteiger charge is -2.59. The molecule has 0 saturated heterocycles. The largest absolute Gasteiger partial charge is 0.458 e. The fourth-order valence-electron chi connectivity index (χ4n) is 8.06. The smallest absolute Gasteiger partial charge is 0.303 e. The molecule has 0 aliphatic heterocycles. The van der Waals surface area contributed by atoms with Gasteiger partial charge in [-0.1, -0.05) is 26.8 Å². The van der Waals surface area contributed by atoms with Crippen LogP contribution < -0.4 is 0 Å². The highest BCUT2D eigenvalue weighted by molar-refractivity contribution is 5.98. The Balaban J connectivity index is 1.83. The maximum atomic E-state index is 15.5. The highest BCUT2D eigenvalue weighted by Gasteiger charge is 2.73. The number of hydrogen-bond donors (Lipinski definition) is 1. The zero-order chi connectivity index (χ0) is 26.1. The van der Waals surface area contributed by atoms with Crippen molar-refractivity contribution in [3.63, 3.8) is 0 Å². The standard InChI is InChI=1S/C26H32F2O7/c1-12-8-16-15-9-17(27)22-23(28)18(31)6-7-24(22,4)21(15)19(32)10-25(16,5)26(12,35-14(3)30)20(33)11-34-13(2)29/h6-7,12,15-16,19,21,23,32H,8-11H2,1-5H3/t12?,15-,16-,19?,21+,23?,24+,25-,26-/m0/s1. The number of halogens is 2. The molecule has 2 fully saturated rings. The lowest BCUT2D eigenvalue weighted by Crippen LogP contribution is -2.64. The van der Waals surface area contributed by atoms with Crippen LogP contribution in [0, 0.1) is 34.5 Å². The molecule has 0 radical (unpaired) electrons. The fourth-order valence-corrected chi connectivity index (χ4v) is 8.06. The topological polar surface area (TPSA) is 107 Å². The lowest BCUT2D eigenvalue weighted by molar-refractivity contribution is -0.204. The van der Waals surface area contributed by atoms with Crippen LogP contribution in [0.1, 0.15) is 53.9 Å². The minimum atomic E-state index is -2.10. The van der Waals surface area contributed by atoms with E-state index in [1.807, 2.05) is 0 Å². The van der Waals surface area contributed by atoms with Gasteiger partial charge in [-0.25, -0.2) is 8.78 Å². The highest BCUT2D eigenvalue weighted by Crippen LogP contribution is 2.69. The number of carbonyl (C=O) groups excluding carboxylic acids is 4. The van der Waals surface area contributed by atoms with Crippen LogP contribution in [-0.4, -0.2) is 53.1 Å². The van der Waals surface area contributed by atoms with E-state index in [0.29, 0.717) is 6.42 Å². The number of rotatable bonds is 4. The van der Waals surface area contributed by atoms with Crippen LogP contribution in [-0.2, 0) is 28.7 Å². The van der Waals surface area contributed by atoms with Crippen LogP contribution in [0.5, 0.6) is 0 Å². The van der Waals surface area contributed by atoms with E-state index < -0.39 is 82.4 Å². The molecule has 4 rings (SSSR count). The van der Waals surface area contributed by atoms with E-state index in [0.717, 1.165) is 6.08 Å². The van der Waals surface area contributed by atoms with Gasteiger partial charge in [-0.15, -0.1) is 0 Å². The van der Waals surface area contributed by atoms with Crippen LogP contribution in [0.25, 0.3) is 0 Å². The molecule has 3 unspecified atom stereocenters. The monoisotopic (exact) mass is 494 g/mol. The first-order valence-electron chi connectivity index (χ1n) is 12.0. The van der Waals surface area contributed by atoms with Gasteiger partial charge in [0.2, 0.25) is 5.78 Å². The van der Waals surface area contributed by atoms with E-state index in [4.69, 9.17) is 9.47 Å². The first-order valence-corrected chi connectivity index (χ1v) is 12.0. The summed E-state index contributed by atoms with van der Waals surface area (Å²) < 4.78 is 41.1. The molecule has 0 aromatic carbocycles. The second-order valence-corrected chi connectivity index (χ2v) is 11.1. The van der Waals surface area contributed by atoms with Gasteiger partial charge in [0.05, 0.1) is 6.10 Å². The minimum absolute atomic E-state index is 0.0332. The second kappa shape index (κ2) is 8.32. The van der Waals surface area contributed by atoms with Gasteiger partial charge in [-0.3, -0.25) is 19.2 Å². The summed E-state index contributed by atoms with van der Waals surface area (Å²) in [5, 5.41) is 11.5. The van der Waals surface area contributed by atoms with E-state index in [-0.39, 0.29) is 24.3 Å². The lowest BCUT2D eigenvalue weighted by atomic mass is 9.46. The van der Waals surface area contributed by atoms with Crippen molar-refractivity contribution in [2.75, 3.05) is 6.61 Å². The Kier molecular flexibility index (Phi) is 6.10. The Morgan fingerprint density at radius 1 is 1.20 bits per heavy atom. The summed E-state index contributed by atoms with van der Waals surface area (Å²) in [4.78, 5) is 49.2. The van der Waals surface area contributed by atoms with Gasteiger partial charge >= 0.3 is 11.9 Å². The Labute approximate surface area is 202 Å². The van der Waals surface area contributed by atoms with E-state index >= 15 is 4.39 Å². The summed E-state index contributed by atoms with van der Waals surface area (Å²) in [6.07, 6.45) is -0.342. The molecule has 2 saturated carbocycles. The number of fused-ring (bicyclic) bond motifs is 5. The number of hydrogen-bond acceptors (Lipinski definition) is 7. The number of Topliss-reactive ketones (excluding diaryl/α,β-unsaturated/α-hetero) is 1. The molecular formula is C26H32F2O7. The van der Waals surface area contributed by atoms with Gasteiger partial charge in [0.25, 0.3) is 0 Å². The molecule has 35 heavy (non-hydrogen) atoms. The van der Waals surface area contributed by atoms with Crippen LogP contribution >= 0.6 is 0 Å². The van der Waals surface area contributed by atoms with Gasteiger partial charge in [-0.2, -0.15) is 0 Å². The number of aliphatic hydroxyl groups is 1. The molecule has 0 spiro atoms. The highest BCUT2D eigenvalue weighted by atomic mass is 19.1. The van der Waals surface area contributed by atoms with Crippen LogP contribution in [0.2, 0.25) is 0 Å². The molecular weight excluding hydrogens is 462 g/mol. The zero-order valence-electron chi connectivity index (χ0n) is 20.6. The molecule has 0 bridgehead atoms. The summed E-state index contributed by atoms with van der Waals surface area (Å²) >= 11 is 0. The van der Waals surface area contributed by atoms with Crippen molar-refractivity contribution in [2.45, 2.75) is 71.8 Å². The molecule has 0 aromatic heterocycles. The Morgan fingerprint density at radius 3 is 2.46 bits per heavy atom. The first kappa shape index (κ1) is 25.7. The van der Waals surface area contributed by atoms with Crippen molar-refractivity contribution in [3.05, 3.63) is 23.6 Å². The minimum Gasteiger partial charge on any atom is -0.458 e. The van der Waals surface area contributed by atoms with E-state index in [2.05, 4.69) is 0 Å². The summed E-state index contributed by atoms with van der Waals surface area (Å²) in [6, 6.07) is 0. The number of ketones is 2. The summed E-state index contributed by atoms with van der Waals surface area (Å²) in [7, 11) is 0. The molecule has 7 nitrogen and oxygen atoms in total. The Bertz CT molecular complexity index is 1050. The SMILES string of the molecule is CC(=O)OCC(=O)[C@@]1(OC(C)=O)C(C)C[C@H]2[C@@H]3CC(F)=C4C(F)C(=O)C=C[C@]4(C)[C@H]3C(O)C[C@@]21C. The summed E-state index contributed by atoms with van der Waals surface area (Å²) in [6.45, 7) is 6.92. The van der Waals surface area contributed by atoms with Gasteiger partial charge in [-0.05, 0) is 30.8 Å². The summed E-state index contributed by atoms with van der Waals surface area (Å²) in [5.41, 5.74) is -4.21. The average Bonchev–Trinajstić information content (AvgIpc) is 2.96. The molecule has 4 aliphatic rings. The number of carbonyl (C=O) groups is 4. The molecule has 9 atom stereocenters. The first-order chi connectivity index (χ1) is 16.2. The number of esters is 2. The quantitative estimate of drug-likeness (QED) is 0.598. The Morgan fingerprint density at radius 2 is 1.86 bits per heavy atom. The summed E-state index contributed by atoms with van der Waals surface area (Å²) in [5.74, 6) is -5.42. The van der Waals surface area contributed by atoms with E-state index in [1.165, 1.54) is 19.9 Å². The number of allylic oxidation sites excluding steroid dienone is 4. The fraction of sp³-hybridized carbons (Fsp3) is 0.692. The number of alkyl halides is 1. The molecule has 4 aliphatic carbocycles. The van der Waals surface area contributed by atoms with Gasteiger partial charge in [0, 0.05) is 48.5 Å². The maximum absolute atomic E-state index is 15.5. The van der Waals surface area contributed by atoms with Gasteiger partial charge < -0.3 is 14.6 Å². The molecule has 0 aromatic rings. The second-order valence-electron chi connectivity index (χ2n) is 11.1. The molecule has 0 heterocycles. The van der Waals surface area contributed by atoms with Crippen molar-refractivity contribution >= 4 is 23.5 Å². The van der Waals surface area contributed by atoms with E-state index in [9.17, 15) is 28.7 Å². The average molecular weight is 495 g/mol. The van der Waals surface area contributed by atoms with Crippen molar-refractivity contribution < 1.29 is 42.5 Å². The van der Waals surface area contributed by atoms with Crippen LogP contribution in [0.4, 0.5) is 8.78 Å². The van der Waals surface area contributed by atoms with Crippen LogP contribution in [0.15, 0.2) is 23.6 Å².